The summed E-state index contributed by atoms with van der Waals surface area (Å²) in [5.41, 5.74) is -0.979. The number of alkyl halides is 3. The van der Waals surface area contributed by atoms with Gasteiger partial charge in [0, 0.05) is 5.69 Å². The van der Waals surface area contributed by atoms with E-state index in [1.807, 2.05) is 0 Å². The highest BCUT2D eigenvalue weighted by atomic mass is 32.2. The van der Waals surface area contributed by atoms with Crippen LogP contribution in [0.4, 0.5) is 23.7 Å². The number of nitrogens with one attached hydrogen (secondary N) is 2. The molecule has 1 aromatic rings. The molecular formula is C15H17F3N2O6S. The Kier molecular flexibility index (Phi) is 5.34. The molecule has 0 radical (unpaired) electrons. The maximum atomic E-state index is 12.7. The Morgan fingerprint density at radius 2 is 1.93 bits per heavy atom. The van der Waals surface area contributed by atoms with Crippen molar-refractivity contribution < 1.29 is 40.6 Å². The predicted molar refractivity (Wildman–Crippen MR) is 86.6 cm³/mol. The highest BCUT2D eigenvalue weighted by Gasteiger charge is 2.50. The third kappa shape index (κ3) is 4.89. The molecule has 4 unspecified atom stereocenters. The van der Waals surface area contributed by atoms with Crippen molar-refractivity contribution in [3.8, 4) is 0 Å². The Morgan fingerprint density at radius 3 is 2.59 bits per heavy atom. The lowest BCUT2D eigenvalue weighted by Gasteiger charge is -2.17. The number of halogens is 3. The van der Waals surface area contributed by atoms with Gasteiger partial charge in [-0.1, -0.05) is 6.07 Å². The maximum absolute atomic E-state index is 12.7. The second kappa shape index (κ2) is 7.26. The summed E-state index contributed by atoms with van der Waals surface area (Å²) in [6.07, 6.45) is -6.60. The predicted octanol–water partition coefficient (Wildman–Crippen LogP) is 1.34. The lowest BCUT2D eigenvalue weighted by Crippen LogP contribution is -2.44. The molecule has 4 atom stereocenters. The van der Waals surface area contributed by atoms with Gasteiger partial charge in [0.2, 0.25) is 10.0 Å². The molecule has 2 aliphatic rings. The van der Waals surface area contributed by atoms with Crippen molar-refractivity contribution in [1.29, 1.82) is 0 Å². The van der Waals surface area contributed by atoms with E-state index in [1.165, 1.54) is 6.07 Å². The van der Waals surface area contributed by atoms with Gasteiger partial charge in [0.1, 0.15) is 12.2 Å². The van der Waals surface area contributed by atoms with Gasteiger partial charge in [-0.05, 0) is 18.2 Å². The van der Waals surface area contributed by atoms with Crippen LogP contribution in [0.15, 0.2) is 24.3 Å². The number of hydrogen-bond acceptors (Lipinski definition) is 6. The van der Waals surface area contributed by atoms with Gasteiger partial charge in [0.25, 0.3) is 0 Å². The van der Waals surface area contributed by atoms with Crippen LogP contribution in [0.25, 0.3) is 0 Å². The molecule has 1 amide bonds. The van der Waals surface area contributed by atoms with Crippen molar-refractivity contribution >= 4 is 21.8 Å². The molecule has 27 heavy (non-hydrogen) atoms. The molecule has 0 bridgehead atoms. The average molecular weight is 410 g/mol. The zero-order chi connectivity index (χ0) is 19.8. The van der Waals surface area contributed by atoms with E-state index in [1.54, 1.807) is 0 Å². The van der Waals surface area contributed by atoms with Crippen molar-refractivity contribution in [1.82, 2.24) is 4.72 Å². The van der Waals surface area contributed by atoms with E-state index in [4.69, 9.17) is 14.2 Å². The normalized spacial score (nSPS) is 28.0. The zero-order valence-electron chi connectivity index (χ0n) is 14.0. The number of ether oxygens (including phenoxy) is 3. The van der Waals surface area contributed by atoms with Crippen molar-refractivity contribution in [3.63, 3.8) is 0 Å². The fourth-order valence-electron chi connectivity index (χ4n) is 3.00. The third-order valence-electron chi connectivity index (χ3n) is 4.07. The Morgan fingerprint density at radius 1 is 1.22 bits per heavy atom. The lowest BCUT2D eigenvalue weighted by molar-refractivity contribution is -0.137. The van der Waals surface area contributed by atoms with Crippen molar-refractivity contribution in [3.05, 3.63) is 29.8 Å². The number of amides is 1. The van der Waals surface area contributed by atoms with E-state index in [9.17, 15) is 26.4 Å². The number of carbonyl (C=O) groups excluding carboxylic acids is 1. The molecule has 2 heterocycles. The number of sulfonamides is 1. The highest BCUT2D eigenvalue weighted by Crippen LogP contribution is 2.31. The molecule has 1 aromatic carbocycles. The van der Waals surface area contributed by atoms with Crippen LogP contribution >= 0.6 is 0 Å². The van der Waals surface area contributed by atoms with Gasteiger partial charge < -0.3 is 14.2 Å². The molecule has 3 rings (SSSR count). The molecule has 0 aliphatic carbocycles. The monoisotopic (exact) mass is 410 g/mol. The smallest absolute Gasteiger partial charge is 0.416 e. The van der Waals surface area contributed by atoms with E-state index in [0.717, 1.165) is 24.5 Å². The summed E-state index contributed by atoms with van der Waals surface area (Å²) in [4.78, 5) is 12.0. The average Bonchev–Trinajstić information content (AvgIpc) is 3.09. The highest BCUT2D eigenvalue weighted by molar-refractivity contribution is 7.88. The van der Waals surface area contributed by atoms with Crippen LogP contribution in [0.5, 0.6) is 0 Å². The largest absolute Gasteiger partial charge is 0.441 e. The van der Waals surface area contributed by atoms with Gasteiger partial charge in [-0.25, -0.2) is 17.9 Å². The number of fused-ring (bicyclic) bond motifs is 1. The fourth-order valence-corrected chi connectivity index (χ4v) is 3.75. The first-order chi connectivity index (χ1) is 12.5. The van der Waals surface area contributed by atoms with Crippen molar-refractivity contribution in [2.24, 2.45) is 0 Å². The first-order valence-electron chi connectivity index (χ1n) is 7.88. The second-order valence-electron chi connectivity index (χ2n) is 6.24. The SMILES string of the molecule is CS(=O)(=O)NC1COC2C(OC(=O)Nc3cccc(C(F)(F)F)c3)COC12. The van der Waals surface area contributed by atoms with Crippen LogP contribution in [0.1, 0.15) is 5.56 Å². The summed E-state index contributed by atoms with van der Waals surface area (Å²) in [6, 6.07) is 3.52. The van der Waals surface area contributed by atoms with E-state index >= 15 is 0 Å². The molecule has 2 saturated heterocycles. The van der Waals surface area contributed by atoms with Gasteiger partial charge >= 0.3 is 12.3 Å². The number of anilines is 1. The van der Waals surface area contributed by atoms with Gasteiger partial charge in [0.05, 0.1) is 31.1 Å². The van der Waals surface area contributed by atoms with Crippen molar-refractivity contribution in [2.45, 2.75) is 30.5 Å². The van der Waals surface area contributed by atoms with Crippen LogP contribution in [0, 0.1) is 0 Å². The summed E-state index contributed by atoms with van der Waals surface area (Å²) in [5.74, 6) is 0. The summed E-state index contributed by atoms with van der Waals surface area (Å²) < 4.78 is 79.3. The fraction of sp³-hybridized carbons (Fsp3) is 0.533. The Labute approximate surface area is 153 Å². The van der Waals surface area contributed by atoms with Gasteiger partial charge in [-0.2, -0.15) is 13.2 Å². The Bertz CT molecular complexity index is 816. The minimum Gasteiger partial charge on any atom is -0.441 e. The Balaban J connectivity index is 1.58. The van der Waals surface area contributed by atoms with E-state index in [2.05, 4.69) is 10.0 Å². The minimum atomic E-state index is -4.53. The molecule has 2 aliphatic heterocycles. The lowest BCUT2D eigenvalue weighted by atomic mass is 10.1. The second-order valence-corrected chi connectivity index (χ2v) is 8.02. The van der Waals surface area contributed by atoms with Crippen molar-refractivity contribution in [2.75, 3.05) is 24.8 Å². The number of carbonyl (C=O) groups is 1. The van der Waals surface area contributed by atoms with Crippen LogP contribution in [0.2, 0.25) is 0 Å². The van der Waals surface area contributed by atoms with E-state index in [-0.39, 0.29) is 18.9 Å². The van der Waals surface area contributed by atoms with Crippen LogP contribution in [-0.4, -0.2) is 58.3 Å². The Hall–Kier alpha value is -1.89. The minimum absolute atomic E-state index is 0.0205. The maximum Gasteiger partial charge on any atom is 0.416 e. The standard InChI is InChI=1S/C15H17F3N2O6S/c1-27(22,23)20-10-6-24-13-11(7-25-12(10)13)26-14(21)19-9-4-2-3-8(5-9)15(16,17)18/h2-5,10-13,20H,6-7H2,1H3,(H,19,21). The molecule has 150 valence electrons. The number of rotatable bonds is 4. The summed E-state index contributed by atoms with van der Waals surface area (Å²) in [6.45, 7) is 0.0325. The molecular weight excluding hydrogens is 393 g/mol. The molecule has 8 nitrogen and oxygen atoms in total. The van der Waals surface area contributed by atoms with Crippen LogP contribution in [0.3, 0.4) is 0 Å². The molecule has 0 saturated carbocycles. The number of hydrogen-bond donors (Lipinski definition) is 2. The quantitative estimate of drug-likeness (QED) is 0.777. The molecule has 2 N–H and O–H groups in total. The molecule has 12 heteroatoms. The third-order valence-corrected chi connectivity index (χ3v) is 4.80. The first kappa shape index (κ1) is 19.9. The molecule has 2 fully saturated rings. The zero-order valence-corrected chi connectivity index (χ0v) is 14.8. The van der Waals surface area contributed by atoms with Gasteiger partial charge in [-0.3, -0.25) is 5.32 Å². The van der Waals surface area contributed by atoms with Gasteiger partial charge in [0.15, 0.2) is 6.10 Å². The topological polar surface area (TPSA) is 103 Å². The van der Waals surface area contributed by atoms with Crippen LogP contribution in [-0.2, 0) is 30.4 Å². The van der Waals surface area contributed by atoms with E-state index in [0.29, 0.717) is 0 Å². The molecule has 0 aromatic heterocycles. The summed E-state index contributed by atoms with van der Waals surface area (Å²) >= 11 is 0. The van der Waals surface area contributed by atoms with E-state index < -0.39 is 52.2 Å². The summed E-state index contributed by atoms with van der Waals surface area (Å²) in [5, 5.41) is 2.23. The first-order valence-corrected chi connectivity index (χ1v) is 9.77. The van der Waals surface area contributed by atoms with Gasteiger partial charge in [-0.15, -0.1) is 0 Å². The number of benzene rings is 1. The van der Waals surface area contributed by atoms with Crippen LogP contribution < -0.4 is 10.0 Å². The molecule has 0 spiro atoms. The summed E-state index contributed by atoms with van der Waals surface area (Å²) in [7, 11) is -3.47.